The Balaban J connectivity index is 1.61. The van der Waals surface area contributed by atoms with Crippen LogP contribution in [0.3, 0.4) is 0 Å². The standard InChI is InChI=1S/C18H28N4O/c1-20-9-11-21(12-10-20)14-15-3-2-4-16(13-15)18(23)22-7-5-17(19)6-8-22/h2-4,13,17H,5-12,14,19H2,1H3. The highest BCUT2D eigenvalue weighted by Gasteiger charge is 2.22. The summed E-state index contributed by atoms with van der Waals surface area (Å²) in [5.41, 5.74) is 7.97. The van der Waals surface area contributed by atoms with Crippen LogP contribution in [0.4, 0.5) is 0 Å². The lowest BCUT2D eigenvalue weighted by molar-refractivity contribution is 0.0714. The Morgan fingerprint density at radius 3 is 2.52 bits per heavy atom. The zero-order valence-electron chi connectivity index (χ0n) is 14.1. The number of amides is 1. The highest BCUT2D eigenvalue weighted by Crippen LogP contribution is 2.15. The van der Waals surface area contributed by atoms with Gasteiger partial charge in [-0.25, -0.2) is 0 Å². The van der Waals surface area contributed by atoms with E-state index in [4.69, 9.17) is 5.73 Å². The summed E-state index contributed by atoms with van der Waals surface area (Å²) in [6, 6.07) is 8.39. The number of hydrogen-bond donors (Lipinski definition) is 1. The number of carbonyl (C=O) groups is 1. The molecule has 2 heterocycles. The van der Waals surface area contributed by atoms with E-state index in [2.05, 4.69) is 29.0 Å². The second-order valence-corrected chi connectivity index (χ2v) is 6.91. The predicted octanol–water partition coefficient (Wildman–Crippen LogP) is 0.997. The number of piperidine rings is 1. The van der Waals surface area contributed by atoms with Crippen LogP contribution in [0.1, 0.15) is 28.8 Å². The van der Waals surface area contributed by atoms with Crippen LogP contribution < -0.4 is 5.73 Å². The molecule has 0 spiro atoms. The number of nitrogens with zero attached hydrogens (tertiary/aromatic N) is 3. The molecule has 2 aliphatic heterocycles. The summed E-state index contributed by atoms with van der Waals surface area (Å²) in [4.78, 5) is 19.4. The van der Waals surface area contributed by atoms with Gasteiger partial charge < -0.3 is 15.5 Å². The molecule has 1 amide bonds. The monoisotopic (exact) mass is 316 g/mol. The highest BCUT2D eigenvalue weighted by molar-refractivity contribution is 5.94. The third-order valence-electron chi connectivity index (χ3n) is 5.00. The Bertz CT molecular complexity index is 532. The number of rotatable bonds is 3. The second kappa shape index (κ2) is 7.43. The molecule has 126 valence electrons. The molecule has 0 bridgehead atoms. The van der Waals surface area contributed by atoms with Crippen LogP contribution in [0.5, 0.6) is 0 Å². The van der Waals surface area contributed by atoms with Crippen molar-refractivity contribution in [1.82, 2.24) is 14.7 Å². The minimum absolute atomic E-state index is 0.150. The van der Waals surface area contributed by atoms with Crippen LogP contribution in [-0.4, -0.2) is 73.0 Å². The number of piperazine rings is 1. The molecule has 0 saturated carbocycles. The van der Waals surface area contributed by atoms with Crippen molar-refractivity contribution in [1.29, 1.82) is 0 Å². The van der Waals surface area contributed by atoms with Crippen molar-refractivity contribution in [3.8, 4) is 0 Å². The van der Waals surface area contributed by atoms with Crippen LogP contribution in [0.2, 0.25) is 0 Å². The summed E-state index contributed by atoms with van der Waals surface area (Å²) in [6.07, 6.45) is 1.82. The van der Waals surface area contributed by atoms with Crippen LogP contribution in [0, 0.1) is 0 Å². The Morgan fingerprint density at radius 2 is 1.83 bits per heavy atom. The average molecular weight is 316 g/mol. The molecule has 5 nitrogen and oxygen atoms in total. The van der Waals surface area contributed by atoms with Crippen molar-refractivity contribution >= 4 is 5.91 Å². The molecule has 0 aromatic heterocycles. The summed E-state index contributed by atoms with van der Waals surface area (Å²) in [6.45, 7) is 6.92. The van der Waals surface area contributed by atoms with Crippen molar-refractivity contribution in [3.05, 3.63) is 35.4 Å². The number of carbonyl (C=O) groups excluding carboxylic acids is 1. The number of benzene rings is 1. The SMILES string of the molecule is CN1CCN(Cc2cccc(C(=O)N3CCC(N)CC3)c2)CC1. The van der Waals surface area contributed by atoms with Crippen LogP contribution >= 0.6 is 0 Å². The van der Waals surface area contributed by atoms with Gasteiger partial charge in [-0.3, -0.25) is 9.69 Å². The van der Waals surface area contributed by atoms with E-state index in [0.29, 0.717) is 0 Å². The fourth-order valence-corrected chi connectivity index (χ4v) is 3.35. The molecule has 2 aliphatic rings. The maximum atomic E-state index is 12.7. The van der Waals surface area contributed by atoms with E-state index in [0.717, 1.165) is 64.2 Å². The van der Waals surface area contributed by atoms with Gasteiger partial charge >= 0.3 is 0 Å². The fourth-order valence-electron chi connectivity index (χ4n) is 3.35. The normalized spacial score (nSPS) is 21.6. The van der Waals surface area contributed by atoms with Gasteiger partial charge in [-0.05, 0) is 37.6 Å². The molecular weight excluding hydrogens is 288 g/mol. The van der Waals surface area contributed by atoms with Crippen molar-refractivity contribution in [2.24, 2.45) is 5.73 Å². The molecule has 3 rings (SSSR count). The van der Waals surface area contributed by atoms with Crippen molar-refractivity contribution < 1.29 is 4.79 Å². The zero-order chi connectivity index (χ0) is 16.2. The van der Waals surface area contributed by atoms with Gasteiger partial charge in [-0.15, -0.1) is 0 Å². The van der Waals surface area contributed by atoms with Gasteiger partial charge in [0.2, 0.25) is 0 Å². The maximum absolute atomic E-state index is 12.7. The summed E-state index contributed by atoms with van der Waals surface area (Å²) >= 11 is 0. The topological polar surface area (TPSA) is 52.8 Å². The lowest BCUT2D eigenvalue weighted by atomic mass is 10.0. The first kappa shape index (κ1) is 16.4. The summed E-state index contributed by atoms with van der Waals surface area (Å²) in [7, 11) is 2.17. The maximum Gasteiger partial charge on any atom is 0.253 e. The Morgan fingerprint density at radius 1 is 1.13 bits per heavy atom. The molecule has 0 aliphatic carbocycles. The van der Waals surface area contributed by atoms with Crippen molar-refractivity contribution in [3.63, 3.8) is 0 Å². The molecule has 1 aromatic rings. The van der Waals surface area contributed by atoms with Gasteiger partial charge in [0.15, 0.2) is 0 Å². The van der Waals surface area contributed by atoms with E-state index in [9.17, 15) is 4.79 Å². The first-order valence-corrected chi connectivity index (χ1v) is 8.66. The zero-order valence-corrected chi connectivity index (χ0v) is 14.1. The largest absolute Gasteiger partial charge is 0.339 e. The third kappa shape index (κ3) is 4.31. The molecule has 23 heavy (non-hydrogen) atoms. The van der Waals surface area contributed by atoms with E-state index in [1.807, 2.05) is 17.0 Å². The summed E-state index contributed by atoms with van der Waals surface area (Å²) < 4.78 is 0. The quantitative estimate of drug-likeness (QED) is 0.904. The Hall–Kier alpha value is -1.43. The number of likely N-dealkylation sites (N-methyl/N-ethyl adjacent to an activating group) is 1. The van der Waals surface area contributed by atoms with Gasteiger partial charge in [-0.2, -0.15) is 0 Å². The van der Waals surface area contributed by atoms with Gasteiger partial charge in [0.1, 0.15) is 0 Å². The van der Waals surface area contributed by atoms with Gasteiger partial charge in [0.25, 0.3) is 5.91 Å². The third-order valence-corrected chi connectivity index (χ3v) is 5.00. The first-order valence-electron chi connectivity index (χ1n) is 8.66. The lowest BCUT2D eigenvalue weighted by Gasteiger charge is -2.32. The van der Waals surface area contributed by atoms with E-state index >= 15 is 0 Å². The summed E-state index contributed by atoms with van der Waals surface area (Å²) in [5, 5.41) is 0. The molecule has 2 N–H and O–H groups in total. The fraction of sp³-hybridized carbons (Fsp3) is 0.611. The number of hydrogen-bond acceptors (Lipinski definition) is 4. The van der Waals surface area contributed by atoms with Crippen molar-refractivity contribution in [2.75, 3.05) is 46.3 Å². The summed E-state index contributed by atoms with van der Waals surface area (Å²) in [5.74, 6) is 0.150. The minimum atomic E-state index is 0.150. The van der Waals surface area contributed by atoms with Crippen molar-refractivity contribution in [2.45, 2.75) is 25.4 Å². The molecular formula is C18H28N4O. The van der Waals surface area contributed by atoms with E-state index < -0.39 is 0 Å². The Kier molecular flexibility index (Phi) is 5.30. The highest BCUT2D eigenvalue weighted by atomic mass is 16.2. The molecule has 2 fully saturated rings. The minimum Gasteiger partial charge on any atom is -0.339 e. The predicted molar refractivity (Wildman–Crippen MR) is 92.3 cm³/mol. The number of likely N-dealkylation sites (tertiary alicyclic amines) is 1. The first-order chi connectivity index (χ1) is 11.1. The van der Waals surface area contributed by atoms with E-state index in [1.54, 1.807) is 0 Å². The van der Waals surface area contributed by atoms with E-state index in [1.165, 1.54) is 5.56 Å². The smallest absolute Gasteiger partial charge is 0.253 e. The van der Waals surface area contributed by atoms with Crippen LogP contribution in [0.15, 0.2) is 24.3 Å². The van der Waals surface area contributed by atoms with Crippen LogP contribution in [-0.2, 0) is 6.54 Å². The van der Waals surface area contributed by atoms with E-state index in [-0.39, 0.29) is 11.9 Å². The molecule has 0 atom stereocenters. The molecule has 0 radical (unpaired) electrons. The van der Waals surface area contributed by atoms with Gasteiger partial charge in [-0.1, -0.05) is 12.1 Å². The van der Waals surface area contributed by atoms with Gasteiger partial charge in [0, 0.05) is 57.4 Å². The van der Waals surface area contributed by atoms with Crippen LogP contribution in [0.25, 0.3) is 0 Å². The lowest BCUT2D eigenvalue weighted by Crippen LogP contribution is -2.44. The Labute approximate surface area is 139 Å². The molecule has 1 aromatic carbocycles. The second-order valence-electron chi connectivity index (χ2n) is 6.91. The molecule has 2 saturated heterocycles. The molecule has 0 unspecified atom stereocenters. The molecule has 5 heteroatoms. The van der Waals surface area contributed by atoms with Gasteiger partial charge in [0.05, 0.1) is 0 Å². The number of nitrogens with two attached hydrogens (primary N) is 1. The average Bonchev–Trinajstić information content (AvgIpc) is 2.57.